The van der Waals surface area contributed by atoms with Crippen molar-refractivity contribution in [1.29, 1.82) is 0 Å². The van der Waals surface area contributed by atoms with Gasteiger partial charge in [-0.3, -0.25) is 4.21 Å². The summed E-state index contributed by atoms with van der Waals surface area (Å²) in [7, 11) is 1.85. The molecular formula is C12H16O5S. The Morgan fingerprint density at radius 1 is 1.22 bits per heavy atom. The topological polar surface area (TPSA) is 54.0 Å². The van der Waals surface area contributed by atoms with Gasteiger partial charge < -0.3 is 18.9 Å². The molecule has 1 aliphatic heterocycles. The Morgan fingerprint density at radius 3 is 2.56 bits per heavy atom. The fourth-order valence-electron chi connectivity index (χ4n) is 1.62. The molecule has 1 aromatic rings. The van der Waals surface area contributed by atoms with Crippen molar-refractivity contribution in [1.82, 2.24) is 0 Å². The zero-order valence-corrected chi connectivity index (χ0v) is 11.2. The molecule has 1 aliphatic rings. The normalized spacial score (nSPS) is 15.7. The number of ether oxygens (including phenoxy) is 4. The number of rotatable bonds is 5. The lowest BCUT2D eigenvalue weighted by molar-refractivity contribution is -0.0847. The molecular weight excluding hydrogens is 256 g/mol. The van der Waals surface area contributed by atoms with Gasteiger partial charge in [-0.1, -0.05) is 0 Å². The number of benzene rings is 1. The molecule has 1 aromatic carbocycles. The highest BCUT2D eigenvalue weighted by atomic mass is 32.2. The van der Waals surface area contributed by atoms with Crippen LogP contribution in [0.5, 0.6) is 11.5 Å². The Balaban J connectivity index is 2.11. The van der Waals surface area contributed by atoms with Crippen LogP contribution < -0.4 is 9.47 Å². The standard InChI is InChI=1S/C12H16O5S/c1-14-12(15-2)8-18(13)9-3-4-10-11(7-9)17-6-5-16-10/h3-4,7,12H,5-6,8H2,1-2H3. The van der Waals surface area contributed by atoms with E-state index >= 15 is 0 Å². The molecule has 0 spiro atoms. The predicted molar refractivity (Wildman–Crippen MR) is 66.5 cm³/mol. The summed E-state index contributed by atoms with van der Waals surface area (Å²) in [6.07, 6.45) is -0.473. The summed E-state index contributed by atoms with van der Waals surface area (Å²) in [5.74, 6) is 1.61. The first-order valence-electron chi connectivity index (χ1n) is 5.58. The average Bonchev–Trinajstić information content (AvgIpc) is 2.44. The van der Waals surface area contributed by atoms with Crippen LogP contribution in [0, 0.1) is 0 Å². The monoisotopic (exact) mass is 272 g/mol. The van der Waals surface area contributed by atoms with Crippen molar-refractivity contribution >= 4 is 10.8 Å². The Bertz CT molecular complexity index is 430. The van der Waals surface area contributed by atoms with E-state index < -0.39 is 17.1 Å². The number of methoxy groups -OCH3 is 2. The van der Waals surface area contributed by atoms with Crippen LogP contribution in [-0.2, 0) is 20.3 Å². The summed E-state index contributed by atoms with van der Waals surface area (Å²) in [6.45, 7) is 1.06. The van der Waals surface area contributed by atoms with Gasteiger partial charge in [0, 0.05) is 25.2 Å². The molecule has 0 fully saturated rings. The molecule has 6 heteroatoms. The summed E-state index contributed by atoms with van der Waals surface area (Å²) in [5.41, 5.74) is 0. The lowest BCUT2D eigenvalue weighted by Crippen LogP contribution is -2.21. The van der Waals surface area contributed by atoms with Crippen LogP contribution in [0.25, 0.3) is 0 Å². The highest BCUT2D eigenvalue weighted by Crippen LogP contribution is 2.31. The average molecular weight is 272 g/mol. The highest BCUT2D eigenvalue weighted by molar-refractivity contribution is 7.85. The second kappa shape index (κ2) is 6.17. The molecule has 1 unspecified atom stereocenters. The minimum atomic E-state index is -1.20. The third kappa shape index (κ3) is 3.01. The van der Waals surface area contributed by atoms with E-state index in [1.54, 1.807) is 18.2 Å². The maximum Gasteiger partial charge on any atom is 0.168 e. The maximum atomic E-state index is 12.1. The number of fused-ring (bicyclic) bond motifs is 1. The van der Waals surface area contributed by atoms with Gasteiger partial charge in [-0.05, 0) is 12.1 Å². The molecule has 0 bridgehead atoms. The quantitative estimate of drug-likeness (QED) is 0.753. The van der Waals surface area contributed by atoms with Crippen molar-refractivity contribution in [3.8, 4) is 11.5 Å². The minimum Gasteiger partial charge on any atom is -0.486 e. The van der Waals surface area contributed by atoms with Crippen molar-refractivity contribution in [2.24, 2.45) is 0 Å². The third-order valence-corrected chi connectivity index (χ3v) is 3.94. The summed E-state index contributed by atoms with van der Waals surface area (Å²) < 4.78 is 33.0. The number of hydrogen-bond donors (Lipinski definition) is 0. The molecule has 2 rings (SSSR count). The van der Waals surface area contributed by atoms with E-state index in [9.17, 15) is 4.21 Å². The van der Waals surface area contributed by atoms with Gasteiger partial charge in [-0.2, -0.15) is 0 Å². The summed E-state index contributed by atoms with van der Waals surface area (Å²) in [6, 6.07) is 5.29. The van der Waals surface area contributed by atoms with Crippen LogP contribution in [0.2, 0.25) is 0 Å². The SMILES string of the molecule is COC(CS(=O)c1ccc2c(c1)OCCO2)OC. The van der Waals surface area contributed by atoms with Crippen molar-refractivity contribution in [3.63, 3.8) is 0 Å². The third-order valence-electron chi connectivity index (χ3n) is 2.59. The van der Waals surface area contributed by atoms with Gasteiger partial charge in [0.2, 0.25) is 0 Å². The van der Waals surface area contributed by atoms with Gasteiger partial charge in [0.05, 0.1) is 16.6 Å². The number of hydrogen-bond acceptors (Lipinski definition) is 5. The summed E-state index contributed by atoms with van der Waals surface area (Å²) in [4.78, 5) is 0.679. The van der Waals surface area contributed by atoms with Gasteiger partial charge in [0.15, 0.2) is 17.8 Å². The van der Waals surface area contributed by atoms with E-state index in [1.165, 1.54) is 14.2 Å². The molecule has 5 nitrogen and oxygen atoms in total. The molecule has 0 radical (unpaired) electrons. The largest absolute Gasteiger partial charge is 0.486 e. The fourth-order valence-corrected chi connectivity index (χ4v) is 2.79. The predicted octanol–water partition coefficient (Wildman–Crippen LogP) is 1.18. The van der Waals surface area contributed by atoms with Crippen molar-refractivity contribution in [2.45, 2.75) is 11.2 Å². The van der Waals surface area contributed by atoms with Crippen LogP contribution in [0.4, 0.5) is 0 Å². The molecule has 0 amide bonds. The van der Waals surface area contributed by atoms with Gasteiger partial charge in [-0.25, -0.2) is 0 Å². The van der Waals surface area contributed by atoms with Crippen molar-refractivity contribution < 1.29 is 23.2 Å². The smallest absolute Gasteiger partial charge is 0.168 e. The van der Waals surface area contributed by atoms with E-state index in [1.807, 2.05) is 0 Å². The molecule has 1 heterocycles. The van der Waals surface area contributed by atoms with Gasteiger partial charge in [0.25, 0.3) is 0 Å². The Morgan fingerprint density at radius 2 is 1.89 bits per heavy atom. The maximum absolute atomic E-state index is 12.1. The first kappa shape index (κ1) is 13.3. The zero-order chi connectivity index (χ0) is 13.0. The molecule has 0 saturated heterocycles. The lowest BCUT2D eigenvalue weighted by atomic mass is 10.3. The first-order chi connectivity index (χ1) is 8.74. The van der Waals surface area contributed by atoms with Crippen LogP contribution in [-0.4, -0.2) is 43.7 Å². The molecule has 0 aromatic heterocycles. The van der Waals surface area contributed by atoms with Crippen molar-refractivity contribution in [2.75, 3.05) is 33.2 Å². The lowest BCUT2D eigenvalue weighted by Gasteiger charge is -2.19. The highest BCUT2D eigenvalue weighted by Gasteiger charge is 2.17. The minimum absolute atomic E-state index is 0.284. The molecule has 18 heavy (non-hydrogen) atoms. The van der Waals surface area contributed by atoms with Gasteiger partial charge >= 0.3 is 0 Å². The van der Waals surface area contributed by atoms with E-state index in [-0.39, 0.29) is 5.75 Å². The molecule has 0 N–H and O–H groups in total. The van der Waals surface area contributed by atoms with Gasteiger partial charge in [-0.15, -0.1) is 0 Å². The Labute approximate surface area is 108 Å². The Hall–Kier alpha value is -1.11. The fraction of sp³-hybridized carbons (Fsp3) is 0.500. The second-order valence-corrected chi connectivity index (χ2v) is 5.21. The van der Waals surface area contributed by atoms with Crippen LogP contribution in [0.3, 0.4) is 0 Å². The second-order valence-electron chi connectivity index (χ2n) is 3.72. The van der Waals surface area contributed by atoms with E-state index in [0.717, 1.165) is 0 Å². The van der Waals surface area contributed by atoms with E-state index in [4.69, 9.17) is 18.9 Å². The van der Waals surface area contributed by atoms with Crippen molar-refractivity contribution in [3.05, 3.63) is 18.2 Å². The van der Waals surface area contributed by atoms with E-state index in [0.29, 0.717) is 29.6 Å². The van der Waals surface area contributed by atoms with Gasteiger partial charge in [0.1, 0.15) is 13.2 Å². The van der Waals surface area contributed by atoms with Crippen LogP contribution in [0.1, 0.15) is 0 Å². The molecule has 0 aliphatic carbocycles. The summed E-state index contributed by atoms with van der Waals surface area (Å²) >= 11 is 0. The molecule has 0 saturated carbocycles. The molecule has 100 valence electrons. The van der Waals surface area contributed by atoms with Crippen LogP contribution >= 0.6 is 0 Å². The first-order valence-corrected chi connectivity index (χ1v) is 6.90. The zero-order valence-electron chi connectivity index (χ0n) is 10.4. The summed E-state index contributed by atoms with van der Waals surface area (Å²) in [5, 5.41) is 0. The molecule has 1 atom stereocenters. The van der Waals surface area contributed by atoms with E-state index in [2.05, 4.69) is 0 Å². The Kier molecular flexibility index (Phi) is 4.57. The van der Waals surface area contributed by atoms with Crippen LogP contribution in [0.15, 0.2) is 23.1 Å².